The van der Waals surface area contributed by atoms with Crippen molar-refractivity contribution in [3.05, 3.63) is 39.9 Å². The van der Waals surface area contributed by atoms with Gasteiger partial charge in [-0.05, 0) is 16.4 Å². The Bertz CT molecular complexity index is 679. The maximum atomic E-state index is 10.9. The van der Waals surface area contributed by atoms with Crippen molar-refractivity contribution in [2.45, 2.75) is 6.92 Å². The number of carbonyl (C=O) groups is 1. The monoisotopic (exact) mass is 275 g/mol. The van der Waals surface area contributed by atoms with Crippen molar-refractivity contribution >= 4 is 29.4 Å². The third-order valence-electron chi connectivity index (χ3n) is 2.23. The van der Waals surface area contributed by atoms with Crippen LogP contribution in [0.5, 0.6) is 0 Å². The van der Waals surface area contributed by atoms with E-state index in [2.05, 4.69) is 25.3 Å². The Kier molecular flexibility index (Phi) is 3.80. The number of nitro benzene ring substituents is 1. The van der Waals surface area contributed by atoms with Gasteiger partial charge in [0.2, 0.25) is 17.5 Å². The zero-order valence-corrected chi connectivity index (χ0v) is 10.3. The molecule has 0 unspecified atom stereocenters. The van der Waals surface area contributed by atoms with Crippen LogP contribution in [0.25, 0.3) is 0 Å². The number of hydrogen-bond acceptors (Lipinski definition) is 7. The topological polar surface area (TPSA) is 124 Å². The number of hydrogen-bond donors (Lipinski definition) is 1. The Morgan fingerprint density at radius 3 is 2.90 bits per heavy atom. The van der Waals surface area contributed by atoms with Crippen molar-refractivity contribution in [2.24, 2.45) is 4.99 Å². The molecule has 0 saturated heterocycles. The van der Waals surface area contributed by atoms with Crippen LogP contribution < -0.4 is 5.32 Å². The van der Waals surface area contributed by atoms with Crippen molar-refractivity contribution in [3.8, 4) is 0 Å². The van der Waals surface area contributed by atoms with E-state index in [4.69, 9.17) is 0 Å². The molecule has 0 aliphatic rings. The largest absolute Gasteiger partial charge is 0.305 e. The lowest BCUT2D eigenvalue weighted by Crippen LogP contribution is -2.06. The maximum Gasteiger partial charge on any atom is 0.278 e. The Morgan fingerprint density at radius 1 is 1.45 bits per heavy atom. The number of aliphatic imine (C=N–C) groups is 1. The Labute approximate surface area is 112 Å². The van der Waals surface area contributed by atoms with Gasteiger partial charge in [0.25, 0.3) is 5.69 Å². The average Bonchev–Trinajstić information content (AvgIpc) is 2.83. The third-order valence-corrected chi connectivity index (χ3v) is 2.23. The molecule has 0 atom stereocenters. The van der Waals surface area contributed by atoms with E-state index in [0.717, 1.165) is 0 Å². The molecule has 2 aromatic rings. The second-order valence-electron chi connectivity index (χ2n) is 3.69. The van der Waals surface area contributed by atoms with Crippen LogP contribution in [0.4, 0.5) is 17.3 Å². The maximum absolute atomic E-state index is 10.9. The van der Waals surface area contributed by atoms with Crippen molar-refractivity contribution in [2.75, 3.05) is 5.32 Å². The molecule has 0 spiro atoms. The first kappa shape index (κ1) is 13.3. The first-order chi connectivity index (χ1) is 9.58. The van der Waals surface area contributed by atoms with Crippen LogP contribution in [0.1, 0.15) is 12.5 Å². The first-order valence-corrected chi connectivity index (χ1v) is 5.45. The van der Waals surface area contributed by atoms with Crippen LogP contribution in [0.2, 0.25) is 0 Å². The van der Waals surface area contributed by atoms with Gasteiger partial charge in [-0.25, -0.2) is 9.62 Å². The smallest absolute Gasteiger partial charge is 0.278 e. The van der Waals surface area contributed by atoms with Gasteiger partial charge in [-0.3, -0.25) is 14.9 Å². The average molecular weight is 275 g/mol. The second kappa shape index (κ2) is 5.69. The highest BCUT2D eigenvalue weighted by molar-refractivity contribution is 5.92. The number of anilines is 1. The molecule has 2 rings (SSSR count). The van der Waals surface area contributed by atoms with Gasteiger partial charge < -0.3 is 5.32 Å². The van der Waals surface area contributed by atoms with Crippen LogP contribution in [-0.2, 0) is 4.79 Å². The van der Waals surface area contributed by atoms with Crippen molar-refractivity contribution in [1.29, 1.82) is 0 Å². The number of rotatable bonds is 4. The highest BCUT2D eigenvalue weighted by Crippen LogP contribution is 2.21. The molecule has 9 heteroatoms. The zero-order chi connectivity index (χ0) is 14.5. The predicted octanol–water partition coefficient (Wildman–Crippen LogP) is 1.69. The van der Waals surface area contributed by atoms with E-state index < -0.39 is 4.92 Å². The van der Waals surface area contributed by atoms with E-state index in [9.17, 15) is 14.9 Å². The number of nitrogens with one attached hydrogen (secondary N) is 1. The van der Waals surface area contributed by atoms with E-state index in [1.807, 2.05) is 0 Å². The normalized spacial score (nSPS) is 10.7. The summed E-state index contributed by atoms with van der Waals surface area (Å²) >= 11 is 0. The Morgan fingerprint density at radius 2 is 2.20 bits per heavy atom. The molecule has 102 valence electrons. The van der Waals surface area contributed by atoms with Crippen molar-refractivity contribution in [1.82, 2.24) is 10.3 Å². The summed E-state index contributed by atoms with van der Waals surface area (Å²) in [6, 6.07) is 6.09. The van der Waals surface area contributed by atoms with Crippen molar-refractivity contribution < 1.29 is 14.3 Å². The highest BCUT2D eigenvalue weighted by Gasteiger charge is 2.12. The lowest BCUT2D eigenvalue weighted by molar-refractivity contribution is -0.385. The summed E-state index contributed by atoms with van der Waals surface area (Å²) in [4.78, 5) is 25.2. The Hall–Kier alpha value is -3.10. The summed E-state index contributed by atoms with van der Waals surface area (Å²) in [7, 11) is 0. The van der Waals surface area contributed by atoms with Crippen LogP contribution >= 0.6 is 0 Å². The van der Waals surface area contributed by atoms with E-state index >= 15 is 0 Å². The molecule has 0 bridgehead atoms. The Balaban J connectivity index is 2.28. The summed E-state index contributed by atoms with van der Waals surface area (Å²) in [5.41, 5.74) is 0.211. The summed E-state index contributed by atoms with van der Waals surface area (Å²) < 4.78 is 4.45. The predicted molar refractivity (Wildman–Crippen MR) is 69.0 cm³/mol. The lowest BCUT2D eigenvalue weighted by atomic mass is 10.2. The molecule has 1 amide bonds. The SMILES string of the molecule is CC(=O)Nc1nonc1N=Cc1ccccc1[N+](=O)[O-]. The molecule has 1 aromatic carbocycles. The van der Waals surface area contributed by atoms with E-state index in [1.165, 1.54) is 25.3 Å². The van der Waals surface area contributed by atoms with Crippen LogP contribution in [0.15, 0.2) is 33.9 Å². The number of carbonyl (C=O) groups excluding carboxylic acids is 1. The molecule has 0 radical (unpaired) electrons. The van der Waals surface area contributed by atoms with E-state index in [0.29, 0.717) is 5.56 Å². The molecule has 0 aliphatic heterocycles. The number of nitrogens with zero attached hydrogens (tertiary/aromatic N) is 4. The summed E-state index contributed by atoms with van der Waals surface area (Å²) in [5, 5.41) is 20.2. The van der Waals surface area contributed by atoms with Gasteiger partial charge in [0.15, 0.2) is 0 Å². The summed E-state index contributed by atoms with van der Waals surface area (Å²) in [6.07, 6.45) is 1.25. The summed E-state index contributed by atoms with van der Waals surface area (Å²) in [5.74, 6) is -0.284. The van der Waals surface area contributed by atoms with Gasteiger partial charge >= 0.3 is 0 Å². The van der Waals surface area contributed by atoms with Gasteiger partial charge in [0.05, 0.1) is 10.5 Å². The van der Waals surface area contributed by atoms with E-state index in [1.54, 1.807) is 12.1 Å². The quantitative estimate of drug-likeness (QED) is 0.514. The first-order valence-electron chi connectivity index (χ1n) is 5.45. The molecule has 0 aliphatic carbocycles. The zero-order valence-electron chi connectivity index (χ0n) is 10.3. The highest BCUT2D eigenvalue weighted by atomic mass is 16.6. The minimum atomic E-state index is -0.517. The standard InChI is InChI=1S/C11H9N5O4/c1-7(17)13-11-10(14-20-15-11)12-6-8-4-2-3-5-9(8)16(18)19/h2-6H,1H3,(H,13,15,17). The minimum Gasteiger partial charge on any atom is -0.305 e. The van der Waals surface area contributed by atoms with Crippen molar-refractivity contribution in [3.63, 3.8) is 0 Å². The fourth-order valence-corrected chi connectivity index (χ4v) is 1.41. The molecule has 9 nitrogen and oxygen atoms in total. The van der Waals surface area contributed by atoms with E-state index in [-0.39, 0.29) is 23.2 Å². The lowest BCUT2D eigenvalue weighted by Gasteiger charge is -1.96. The number of aromatic nitrogens is 2. The number of amides is 1. The molecule has 0 fully saturated rings. The molecule has 1 aromatic heterocycles. The molecule has 1 heterocycles. The summed E-state index contributed by atoms with van der Waals surface area (Å²) in [6.45, 7) is 1.30. The minimum absolute atomic E-state index is 0.0263. The second-order valence-corrected chi connectivity index (χ2v) is 3.69. The molecule has 20 heavy (non-hydrogen) atoms. The van der Waals surface area contributed by atoms with Gasteiger partial charge in [-0.1, -0.05) is 12.1 Å². The van der Waals surface area contributed by atoms with Crippen LogP contribution in [0, 0.1) is 10.1 Å². The van der Waals surface area contributed by atoms with Gasteiger partial charge in [-0.2, -0.15) is 0 Å². The van der Waals surface area contributed by atoms with Crippen LogP contribution in [-0.4, -0.2) is 27.4 Å². The molecular weight excluding hydrogens is 266 g/mol. The molecular formula is C11H9N5O4. The number of benzene rings is 1. The molecule has 0 saturated carbocycles. The van der Waals surface area contributed by atoms with Gasteiger partial charge in [0, 0.05) is 19.2 Å². The fourth-order valence-electron chi connectivity index (χ4n) is 1.41. The molecule has 1 N–H and O–H groups in total. The van der Waals surface area contributed by atoms with Crippen LogP contribution in [0.3, 0.4) is 0 Å². The third kappa shape index (κ3) is 3.02. The number of nitro groups is 1. The fraction of sp³-hybridized carbons (Fsp3) is 0.0909. The number of para-hydroxylation sites is 1. The van der Waals surface area contributed by atoms with Gasteiger partial charge in [0.1, 0.15) is 0 Å². The van der Waals surface area contributed by atoms with Gasteiger partial charge in [-0.15, -0.1) is 0 Å².